The zero-order valence-electron chi connectivity index (χ0n) is 11.0. The molecule has 19 heavy (non-hydrogen) atoms. The van der Waals surface area contributed by atoms with Gasteiger partial charge in [0.25, 0.3) is 0 Å². The van der Waals surface area contributed by atoms with Gasteiger partial charge in [-0.25, -0.2) is 13.1 Å². The van der Waals surface area contributed by atoms with Crippen LogP contribution in [0.4, 0.5) is 0 Å². The predicted molar refractivity (Wildman–Crippen MR) is 68.1 cm³/mol. The Morgan fingerprint density at radius 1 is 1.37 bits per heavy atom. The summed E-state index contributed by atoms with van der Waals surface area (Å²) in [5.74, 6) is -1.84. The van der Waals surface area contributed by atoms with Crippen LogP contribution in [0.1, 0.15) is 19.8 Å². The van der Waals surface area contributed by atoms with Crippen molar-refractivity contribution >= 4 is 21.9 Å². The summed E-state index contributed by atoms with van der Waals surface area (Å²) in [6, 6.07) is -0.910. The summed E-state index contributed by atoms with van der Waals surface area (Å²) < 4.78 is 30.0. The van der Waals surface area contributed by atoms with Gasteiger partial charge in [0.15, 0.2) is 0 Å². The summed E-state index contributed by atoms with van der Waals surface area (Å²) in [5, 5.41) is 10.9. The van der Waals surface area contributed by atoms with Gasteiger partial charge in [-0.3, -0.25) is 9.59 Å². The first-order chi connectivity index (χ1) is 8.78. The highest BCUT2D eigenvalue weighted by atomic mass is 32.2. The van der Waals surface area contributed by atoms with E-state index in [2.05, 4.69) is 10.0 Å². The van der Waals surface area contributed by atoms with Crippen LogP contribution in [-0.2, 0) is 24.3 Å². The Hall–Kier alpha value is -1.19. The smallest absolute Gasteiger partial charge is 0.303 e. The second kappa shape index (κ2) is 8.83. The fourth-order valence-electron chi connectivity index (χ4n) is 1.22. The number of carbonyl (C=O) groups excluding carboxylic acids is 1. The minimum absolute atomic E-state index is 0.00266. The van der Waals surface area contributed by atoms with E-state index in [-0.39, 0.29) is 18.6 Å². The van der Waals surface area contributed by atoms with Crippen LogP contribution >= 0.6 is 0 Å². The Morgan fingerprint density at radius 3 is 2.53 bits per heavy atom. The van der Waals surface area contributed by atoms with E-state index in [4.69, 9.17) is 9.84 Å². The Labute approximate surface area is 112 Å². The van der Waals surface area contributed by atoms with Crippen molar-refractivity contribution in [1.29, 1.82) is 0 Å². The second-order valence-corrected chi connectivity index (χ2v) is 5.81. The lowest BCUT2D eigenvalue weighted by Crippen LogP contribution is -2.46. The van der Waals surface area contributed by atoms with Gasteiger partial charge in [-0.15, -0.1) is 0 Å². The highest BCUT2D eigenvalue weighted by Gasteiger charge is 2.19. The number of hydrogen-bond donors (Lipinski definition) is 3. The number of rotatable bonds is 10. The van der Waals surface area contributed by atoms with Crippen LogP contribution in [0, 0.1) is 0 Å². The Morgan fingerprint density at radius 2 is 2.00 bits per heavy atom. The third kappa shape index (κ3) is 9.40. The molecule has 0 aliphatic heterocycles. The van der Waals surface area contributed by atoms with Crippen LogP contribution in [0.25, 0.3) is 0 Å². The molecule has 0 aliphatic rings. The second-order valence-electron chi connectivity index (χ2n) is 3.94. The molecule has 0 saturated heterocycles. The van der Waals surface area contributed by atoms with Gasteiger partial charge in [-0.2, -0.15) is 0 Å². The molecule has 0 spiro atoms. The van der Waals surface area contributed by atoms with E-state index in [0.717, 1.165) is 0 Å². The van der Waals surface area contributed by atoms with E-state index in [1.807, 2.05) is 0 Å². The molecule has 112 valence electrons. The summed E-state index contributed by atoms with van der Waals surface area (Å²) in [6.07, 6.45) is -0.224. The number of sulfonamides is 1. The molecule has 0 aromatic rings. The number of carbonyl (C=O) groups is 2. The van der Waals surface area contributed by atoms with E-state index in [1.165, 1.54) is 14.0 Å². The molecule has 3 N–H and O–H groups in total. The van der Waals surface area contributed by atoms with E-state index < -0.39 is 27.9 Å². The van der Waals surface area contributed by atoms with E-state index >= 15 is 0 Å². The first-order valence-corrected chi connectivity index (χ1v) is 7.42. The predicted octanol–water partition coefficient (Wildman–Crippen LogP) is -1.08. The topological polar surface area (TPSA) is 122 Å². The van der Waals surface area contributed by atoms with Crippen molar-refractivity contribution < 1.29 is 27.9 Å². The number of nitrogens with one attached hydrogen (secondary N) is 2. The number of methoxy groups -OCH3 is 1. The van der Waals surface area contributed by atoms with Gasteiger partial charge in [-0.05, 0) is 13.3 Å². The maximum atomic E-state index is 11.5. The molecule has 0 aliphatic carbocycles. The van der Waals surface area contributed by atoms with Crippen molar-refractivity contribution in [3.63, 3.8) is 0 Å². The van der Waals surface area contributed by atoms with Crippen molar-refractivity contribution in [1.82, 2.24) is 10.0 Å². The molecule has 0 aromatic carbocycles. The summed E-state index contributed by atoms with van der Waals surface area (Å²) in [4.78, 5) is 21.8. The molecule has 9 heteroatoms. The first kappa shape index (κ1) is 17.8. The maximum absolute atomic E-state index is 11.5. The van der Waals surface area contributed by atoms with Crippen molar-refractivity contribution in [2.24, 2.45) is 0 Å². The fourth-order valence-corrected chi connectivity index (χ4v) is 2.51. The van der Waals surface area contributed by atoms with E-state index in [0.29, 0.717) is 13.2 Å². The van der Waals surface area contributed by atoms with Crippen molar-refractivity contribution in [2.75, 3.05) is 26.0 Å². The van der Waals surface area contributed by atoms with E-state index in [1.54, 1.807) is 0 Å². The molecule has 0 aromatic heterocycles. The quantitative estimate of drug-likeness (QED) is 0.441. The summed E-state index contributed by atoms with van der Waals surface area (Å²) in [7, 11) is -2.17. The van der Waals surface area contributed by atoms with Crippen molar-refractivity contribution in [2.45, 2.75) is 25.8 Å². The lowest BCUT2D eigenvalue weighted by Gasteiger charge is -2.14. The molecule has 8 nitrogen and oxygen atoms in total. The van der Waals surface area contributed by atoms with Crippen molar-refractivity contribution in [3.8, 4) is 0 Å². The van der Waals surface area contributed by atoms with Gasteiger partial charge in [0.2, 0.25) is 15.9 Å². The standard InChI is InChI=1S/C10H20N2O6S/c1-8(10(15)11-5-6-18-2)12-19(16,17)7-3-4-9(13)14/h8,12H,3-7H2,1-2H3,(H,11,15)(H,13,14). The molecule has 1 unspecified atom stereocenters. The SMILES string of the molecule is COCCNC(=O)C(C)NS(=O)(=O)CCCC(=O)O. The van der Waals surface area contributed by atoms with Crippen LogP contribution in [0.5, 0.6) is 0 Å². The molecule has 1 atom stereocenters. The molecule has 0 radical (unpaired) electrons. The molecule has 0 heterocycles. The van der Waals surface area contributed by atoms with Gasteiger partial charge < -0.3 is 15.2 Å². The molecule has 0 fully saturated rings. The number of amides is 1. The van der Waals surface area contributed by atoms with Gasteiger partial charge in [0, 0.05) is 20.1 Å². The average molecular weight is 296 g/mol. The Kier molecular flexibility index (Phi) is 8.28. The van der Waals surface area contributed by atoms with Crippen molar-refractivity contribution in [3.05, 3.63) is 0 Å². The molecule has 1 amide bonds. The fraction of sp³-hybridized carbons (Fsp3) is 0.800. The third-order valence-corrected chi connectivity index (χ3v) is 3.70. The zero-order chi connectivity index (χ0) is 14.9. The number of hydrogen-bond acceptors (Lipinski definition) is 5. The van der Waals surface area contributed by atoms with Crippen LogP contribution in [-0.4, -0.2) is 57.5 Å². The average Bonchev–Trinajstić information content (AvgIpc) is 2.27. The van der Waals surface area contributed by atoms with Gasteiger partial charge in [-0.1, -0.05) is 0 Å². The molecule has 0 rings (SSSR count). The Balaban J connectivity index is 4.10. The highest BCUT2D eigenvalue weighted by molar-refractivity contribution is 7.89. The van der Waals surface area contributed by atoms with Crippen LogP contribution in [0.3, 0.4) is 0 Å². The largest absolute Gasteiger partial charge is 0.481 e. The number of ether oxygens (including phenoxy) is 1. The third-order valence-electron chi connectivity index (χ3n) is 2.16. The summed E-state index contributed by atoms with van der Waals surface area (Å²) >= 11 is 0. The maximum Gasteiger partial charge on any atom is 0.303 e. The lowest BCUT2D eigenvalue weighted by molar-refractivity contribution is -0.137. The Bertz CT molecular complexity index is 395. The summed E-state index contributed by atoms with van der Waals surface area (Å²) in [6.45, 7) is 2.04. The van der Waals surface area contributed by atoms with Gasteiger partial charge >= 0.3 is 5.97 Å². The molecule has 0 bridgehead atoms. The monoisotopic (exact) mass is 296 g/mol. The van der Waals surface area contributed by atoms with Gasteiger partial charge in [0.1, 0.15) is 0 Å². The van der Waals surface area contributed by atoms with Crippen LogP contribution in [0.15, 0.2) is 0 Å². The number of carboxylic acids is 1. The van der Waals surface area contributed by atoms with E-state index in [9.17, 15) is 18.0 Å². The van der Waals surface area contributed by atoms with Gasteiger partial charge in [0.05, 0.1) is 18.4 Å². The number of aliphatic carboxylic acids is 1. The molecule has 0 saturated carbocycles. The minimum Gasteiger partial charge on any atom is -0.481 e. The lowest BCUT2D eigenvalue weighted by atomic mass is 10.3. The molecular weight excluding hydrogens is 276 g/mol. The molecular formula is C10H20N2O6S. The normalized spacial score (nSPS) is 12.9. The highest BCUT2D eigenvalue weighted by Crippen LogP contribution is 1.97. The number of carboxylic acid groups (broad SMARTS) is 1. The zero-order valence-corrected chi connectivity index (χ0v) is 11.8. The summed E-state index contributed by atoms with van der Waals surface area (Å²) in [5.41, 5.74) is 0. The van der Waals surface area contributed by atoms with Crippen LogP contribution in [0.2, 0.25) is 0 Å². The van der Waals surface area contributed by atoms with Crippen LogP contribution < -0.4 is 10.0 Å². The minimum atomic E-state index is -3.66. The first-order valence-electron chi connectivity index (χ1n) is 5.77.